The van der Waals surface area contributed by atoms with Crippen molar-refractivity contribution in [1.29, 1.82) is 0 Å². The van der Waals surface area contributed by atoms with Gasteiger partial charge in [-0.15, -0.1) is 0 Å². The molecule has 4 rings (SSSR count). The van der Waals surface area contributed by atoms with Crippen molar-refractivity contribution >= 4 is 34.3 Å². The van der Waals surface area contributed by atoms with E-state index in [2.05, 4.69) is 34.4 Å². The predicted octanol–water partition coefficient (Wildman–Crippen LogP) is 4.53. The Hall–Kier alpha value is -2.83. The first-order valence-corrected chi connectivity index (χ1v) is 11.9. The monoisotopic (exact) mass is 466 g/mol. The normalized spacial score (nSPS) is 16.1. The Morgan fingerprint density at radius 1 is 1.12 bits per heavy atom. The van der Waals surface area contributed by atoms with Gasteiger partial charge in [-0.05, 0) is 57.5 Å². The highest BCUT2D eigenvalue weighted by Gasteiger charge is 2.27. The summed E-state index contributed by atoms with van der Waals surface area (Å²) in [6, 6.07) is 15.3. The number of benzene rings is 2. The van der Waals surface area contributed by atoms with Crippen LogP contribution >= 0.6 is 11.6 Å². The Morgan fingerprint density at radius 3 is 2.55 bits per heavy atom. The van der Waals surface area contributed by atoms with Crippen molar-refractivity contribution < 1.29 is 9.59 Å². The molecule has 1 aliphatic heterocycles. The number of carbonyl (C=O) groups is 2. The van der Waals surface area contributed by atoms with Crippen LogP contribution in [0.1, 0.15) is 48.7 Å². The van der Waals surface area contributed by atoms with Crippen molar-refractivity contribution in [3.63, 3.8) is 0 Å². The molecule has 6 nitrogen and oxygen atoms in total. The van der Waals surface area contributed by atoms with Gasteiger partial charge in [0.05, 0.1) is 11.1 Å². The van der Waals surface area contributed by atoms with Crippen LogP contribution in [0.25, 0.3) is 10.9 Å². The van der Waals surface area contributed by atoms with E-state index >= 15 is 0 Å². The van der Waals surface area contributed by atoms with E-state index in [0.717, 1.165) is 42.4 Å². The minimum absolute atomic E-state index is 0.0205. The fourth-order valence-electron chi connectivity index (χ4n) is 4.44. The Bertz CT molecular complexity index is 1100. The highest BCUT2D eigenvalue weighted by atomic mass is 35.5. The number of halogens is 1. The third kappa shape index (κ3) is 5.57. The first-order valence-electron chi connectivity index (χ1n) is 11.6. The number of amides is 2. The number of hydrogen-bond acceptors (Lipinski definition) is 3. The second-order valence-corrected chi connectivity index (χ2v) is 9.39. The number of carbonyl (C=O) groups excluding carboxylic acids is 2. The quantitative estimate of drug-likeness (QED) is 0.478. The first kappa shape index (κ1) is 23.3. The van der Waals surface area contributed by atoms with E-state index in [1.165, 1.54) is 0 Å². The molecule has 174 valence electrons. The molecule has 0 saturated carbocycles. The lowest BCUT2D eigenvalue weighted by Gasteiger charge is -2.34. The van der Waals surface area contributed by atoms with Gasteiger partial charge in [0.25, 0.3) is 5.91 Å². The van der Waals surface area contributed by atoms with Crippen molar-refractivity contribution in [2.75, 3.05) is 19.6 Å². The number of aromatic amines is 1. The van der Waals surface area contributed by atoms with Crippen molar-refractivity contribution in [2.24, 2.45) is 5.92 Å². The van der Waals surface area contributed by atoms with Gasteiger partial charge in [-0.25, -0.2) is 0 Å². The lowest BCUT2D eigenvalue weighted by molar-refractivity contribution is -0.126. The zero-order valence-corrected chi connectivity index (χ0v) is 19.9. The van der Waals surface area contributed by atoms with Gasteiger partial charge in [0.2, 0.25) is 5.91 Å². The Labute approximate surface area is 199 Å². The number of likely N-dealkylation sites (tertiary alicyclic amines) is 1. The number of hydrogen-bond donors (Lipinski definition) is 3. The third-order valence-electron chi connectivity index (χ3n) is 6.51. The van der Waals surface area contributed by atoms with E-state index < -0.39 is 0 Å². The second-order valence-electron chi connectivity index (χ2n) is 8.98. The summed E-state index contributed by atoms with van der Waals surface area (Å²) < 4.78 is 0. The number of H-pyrrole nitrogens is 1. The average Bonchev–Trinajstić information content (AvgIpc) is 3.22. The van der Waals surface area contributed by atoms with Gasteiger partial charge in [0.1, 0.15) is 0 Å². The number of aromatic nitrogens is 1. The highest BCUT2D eigenvalue weighted by Crippen LogP contribution is 2.24. The summed E-state index contributed by atoms with van der Waals surface area (Å²) in [6.45, 7) is 6.61. The van der Waals surface area contributed by atoms with Gasteiger partial charge in [-0.1, -0.05) is 48.0 Å². The number of rotatable bonds is 7. The summed E-state index contributed by atoms with van der Waals surface area (Å²) in [6.07, 6.45) is 3.44. The highest BCUT2D eigenvalue weighted by molar-refractivity contribution is 6.35. The van der Waals surface area contributed by atoms with Crippen LogP contribution in [0.2, 0.25) is 5.02 Å². The van der Waals surface area contributed by atoms with Crippen LogP contribution in [0.3, 0.4) is 0 Å². The minimum atomic E-state index is -0.332. The van der Waals surface area contributed by atoms with E-state index in [4.69, 9.17) is 11.6 Å². The third-order valence-corrected chi connectivity index (χ3v) is 6.82. The summed E-state index contributed by atoms with van der Waals surface area (Å²) >= 11 is 6.15. The molecule has 33 heavy (non-hydrogen) atoms. The van der Waals surface area contributed by atoms with E-state index in [1.54, 1.807) is 18.3 Å². The fraction of sp³-hybridized carbons (Fsp3) is 0.385. The standard InChI is InChI=1S/C26H31ClN4O2/c1-17(2)31-12-10-19(11-13-31)25(32)29-16-24(18-6-4-3-5-7-18)30-26(33)20-8-9-21-22(27)15-28-23(21)14-20/h3-9,14-15,17,19,24,28H,10-13,16H2,1-2H3,(H,29,32)(H,30,33)/t24-/m0/s1. The van der Waals surface area contributed by atoms with Gasteiger partial charge in [-0.2, -0.15) is 0 Å². The molecular formula is C26H31ClN4O2. The molecule has 1 aromatic heterocycles. The van der Waals surface area contributed by atoms with Crippen molar-refractivity contribution in [2.45, 2.75) is 38.8 Å². The molecule has 3 aromatic rings. The molecule has 0 aliphatic carbocycles. The maximum Gasteiger partial charge on any atom is 0.251 e. The predicted molar refractivity (Wildman–Crippen MR) is 132 cm³/mol. The molecular weight excluding hydrogens is 436 g/mol. The zero-order chi connectivity index (χ0) is 23.4. The van der Waals surface area contributed by atoms with Crippen molar-refractivity contribution in [1.82, 2.24) is 20.5 Å². The maximum absolute atomic E-state index is 13.0. The van der Waals surface area contributed by atoms with Crippen LogP contribution in [-0.2, 0) is 4.79 Å². The van der Waals surface area contributed by atoms with Gasteiger partial charge in [-0.3, -0.25) is 9.59 Å². The van der Waals surface area contributed by atoms with E-state index in [-0.39, 0.29) is 23.8 Å². The smallest absolute Gasteiger partial charge is 0.251 e. The van der Waals surface area contributed by atoms with Crippen LogP contribution in [-0.4, -0.2) is 47.4 Å². The van der Waals surface area contributed by atoms with Crippen molar-refractivity contribution in [3.05, 3.63) is 70.9 Å². The SMILES string of the molecule is CC(C)N1CCC(C(=O)NC[C@H](NC(=O)c2ccc3c(Cl)c[nH]c3c2)c2ccccc2)CC1. The molecule has 2 heterocycles. The molecule has 1 fully saturated rings. The molecule has 0 spiro atoms. The number of nitrogens with zero attached hydrogens (tertiary/aromatic N) is 1. The summed E-state index contributed by atoms with van der Waals surface area (Å²) in [5.74, 6) is -0.112. The molecule has 3 N–H and O–H groups in total. The lowest BCUT2D eigenvalue weighted by Crippen LogP contribution is -2.45. The van der Waals surface area contributed by atoms with Gasteiger partial charge in [0, 0.05) is 41.2 Å². The Kier molecular flexibility index (Phi) is 7.36. The summed E-state index contributed by atoms with van der Waals surface area (Å²) in [7, 11) is 0. The zero-order valence-electron chi connectivity index (χ0n) is 19.1. The van der Waals surface area contributed by atoms with E-state index in [9.17, 15) is 9.59 Å². The summed E-state index contributed by atoms with van der Waals surface area (Å²) in [5.41, 5.74) is 2.30. The Balaban J connectivity index is 1.42. The maximum atomic E-state index is 13.0. The molecule has 1 saturated heterocycles. The second kappa shape index (κ2) is 10.4. The van der Waals surface area contributed by atoms with Crippen LogP contribution in [0.5, 0.6) is 0 Å². The molecule has 2 amide bonds. The number of nitrogens with one attached hydrogen (secondary N) is 3. The van der Waals surface area contributed by atoms with Gasteiger partial charge < -0.3 is 20.5 Å². The van der Waals surface area contributed by atoms with E-state index in [0.29, 0.717) is 23.2 Å². The molecule has 0 radical (unpaired) electrons. The fourth-order valence-corrected chi connectivity index (χ4v) is 4.66. The Morgan fingerprint density at radius 2 is 1.85 bits per heavy atom. The van der Waals surface area contributed by atoms with Crippen molar-refractivity contribution in [3.8, 4) is 0 Å². The first-order chi connectivity index (χ1) is 15.9. The molecule has 2 aromatic carbocycles. The molecule has 7 heteroatoms. The average molecular weight is 467 g/mol. The van der Waals surface area contributed by atoms with Crippen LogP contribution in [0.4, 0.5) is 0 Å². The minimum Gasteiger partial charge on any atom is -0.360 e. The van der Waals surface area contributed by atoms with Gasteiger partial charge >= 0.3 is 0 Å². The molecule has 1 aliphatic rings. The van der Waals surface area contributed by atoms with Crippen LogP contribution < -0.4 is 10.6 Å². The summed E-state index contributed by atoms with van der Waals surface area (Å²) in [5, 5.41) is 7.69. The largest absolute Gasteiger partial charge is 0.360 e. The molecule has 1 atom stereocenters. The number of fused-ring (bicyclic) bond motifs is 1. The molecule has 0 unspecified atom stereocenters. The van der Waals surface area contributed by atoms with E-state index in [1.807, 2.05) is 36.4 Å². The molecule has 0 bridgehead atoms. The van der Waals surface area contributed by atoms with Crippen LogP contribution in [0, 0.1) is 5.92 Å². The summed E-state index contributed by atoms with van der Waals surface area (Å²) in [4.78, 5) is 31.4. The lowest BCUT2D eigenvalue weighted by atomic mass is 9.95. The van der Waals surface area contributed by atoms with Crippen LogP contribution in [0.15, 0.2) is 54.7 Å². The topological polar surface area (TPSA) is 77.2 Å². The van der Waals surface area contributed by atoms with Gasteiger partial charge in [0.15, 0.2) is 0 Å². The number of piperidine rings is 1.